The van der Waals surface area contributed by atoms with Gasteiger partial charge in [0.15, 0.2) is 0 Å². The molecule has 0 aromatic heterocycles. The molecule has 0 saturated carbocycles. The molecule has 2 heteroatoms. The van der Waals surface area contributed by atoms with E-state index in [0.29, 0.717) is 0 Å². The van der Waals surface area contributed by atoms with Crippen LogP contribution in [-0.4, -0.2) is 36.0 Å². The summed E-state index contributed by atoms with van der Waals surface area (Å²) in [6.07, 6.45) is 4.94. The number of nitrogens with zero attached hydrogens (tertiary/aromatic N) is 2. The van der Waals surface area contributed by atoms with Crippen LogP contribution in [0, 0.1) is 0 Å². The molecule has 0 saturated heterocycles. The van der Waals surface area contributed by atoms with Gasteiger partial charge in [-0.15, -0.1) is 0 Å². The molecule has 0 amide bonds. The van der Waals surface area contributed by atoms with Crippen LogP contribution in [-0.2, 0) is 13.1 Å². The lowest BCUT2D eigenvalue weighted by atomic mass is 10.1. The van der Waals surface area contributed by atoms with Crippen LogP contribution in [0.15, 0.2) is 24.3 Å². The zero-order valence-electron chi connectivity index (χ0n) is 15.3. The number of benzene rings is 1. The molecule has 1 aromatic rings. The minimum absolute atomic E-state index is 1.10. The van der Waals surface area contributed by atoms with Crippen molar-refractivity contribution < 1.29 is 0 Å². The Kier molecular flexibility index (Phi) is 10.2. The van der Waals surface area contributed by atoms with Gasteiger partial charge in [0.25, 0.3) is 0 Å². The van der Waals surface area contributed by atoms with E-state index in [0.717, 1.165) is 13.1 Å². The Hall–Kier alpha value is -0.860. The molecule has 0 aliphatic heterocycles. The first-order valence-corrected chi connectivity index (χ1v) is 9.26. The largest absolute Gasteiger partial charge is 0.299 e. The Morgan fingerprint density at radius 1 is 0.591 bits per heavy atom. The molecule has 126 valence electrons. The summed E-state index contributed by atoms with van der Waals surface area (Å²) in [5.74, 6) is 0. The van der Waals surface area contributed by atoms with Crippen molar-refractivity contribution in [3.63, 3.8) is 0 Å². The predicted molar refractivity (Wildman–Crippen MR) is 98.2 cm³/mol. The summed E-state index contributed by atoms with van der Waals surface area (Å²) >= 11 is 0. The lowest BCUT2D eigenvalue weighted by molar-refractivity contribution is 0.253. The van der Waals surface area contributed by atoms with E-state index in [2.05, 4.69) is 61.8 Å². The molecule has 0 atom stereocenters. The van der Waals surface area contributed by atoms with Gasteiger partial charge in [0.05, 0.1) is 0 Å². The molecule has 1 aromatic carbocycles. The summed E-state index contributed by atoms with van der Waals surface area (Å²) in [6.45, 7) is 16.1. The molecule has 0 radical (unpaired) electrons. The summed E-state index contributed by atoms with van der Waals surface area (Å²) in [6, 6.07) is 9.03. The third-order valence-corrected chi connectivity index (χ3v) is 4.07. The topological polar surface area (TPSA) is 6.48 Å². The van der Waals surface area contributed by atoms with E-state index >= 15 is 0 Å². The smallest absolute Gasteiger partial charge is 0.0236 e. The fourth-order valence-electron chi connectivity index (χ4n) is 3.15. The van der Waals surface area contributed by atoms with E-state index in [1.165, 1.54) is 63.0 Å². The Bertz CT molecular complexity index is 340. The van der Waals surface area contributed by atoms with Crippen LogP contribution in [0.25, 0.3) is 0 Å². The lowest BCUT2D eigenvalue weighted by Crippen LogP contribution is -2.28. The van der Waals surface area contributed by atoms with Gasteiger partial charge in [-0.25, -0.2) is 0 Å². The second-order valence-corrected chi connectivity index (χ2v) is 6.32. The van der Waals surface area contributed by atoms with Crippen molar-refractivity contribution in [2.45, 2.75) is 66.5 Å². The molecule has 0 heterocycles. The van der Waals surface area contributed by atoms with Crippen molar-refractivity contribution in [1.29, 1.82) is 0 Å². The highest BCUT2D eigenvalue weighted by Gasteiger charge is 2.10. The average molecular weight is 305 g/mol. The first-order valence-electron chi connectivity index (χ1n) is 9.26. The standard InChI is InChI=1S/C20H36N2/c1-5-13-21(14-6-2)17-19-11-9-10-12-20(19)18-22(15-7-3)16-8-4/h9-12H,5-8,13-18H2,1-4H3. The van der Waals surface area contributed by atoms with Gasteiger partial charge in [-0.1, -0.05) is 52.0 Å². The van der Waals surface area contributed by atoms with Gasteiger partial charge >= 0.3 is 0 Å². The van der Waals surface area contributed by atoms with Gasteiger partial charge in [-0.2, -0.15) is 0 Å². The van der Waals surface area contributed by atoms with Gasteiger partial charge in [0.2, 0.25) is 0 Å². The van der Waals surface area contributed by atoms with Crippen LogP contribution >= 0.6 is 0 Å². The zero-order chi connectivity index (χ0) is 16.2. The summed E-state index contributed by atoms with van der Waals surface area (Å²) in [4.78, 5) is 5.20. The molecule has 1 rings (SSSR count). The molecule has 0 unspecified atom stereocenters. The average Bonchev–Trinajstić information content (AvgIpc) is 2.50. The molecule has 0 spiro atoms. The third kappa shape index (κ3) is 6.93. The molecule has 2 nitrogen and oxygen atoms in total. The summed E-state index contributed by atoms with van der Waals surface area (Å²) < 4.78 is 0. The Morgan fingerprint density at radius 2 is 0.909 bits per heavy atom. The molecular weight excluding hydrogens is 268 g/mol. The first kappa shape index (κ1) is 19.2. The van der Waals surface area contributed by atoms with E-state index in [1.54, 1.807) is 0 Å². The van der Waals surface area contributed by atoms with Gasteiger partial charge < -0.3 is 0 Å². The highest BCUT2D eigenvalue weighted by Crippen LogP contribution is 2.15. The van der Waals surface area contributed by atoms with Gasteiger partial charge in [0, 0.05) is 13.1 Å². The van der Waals surface area contributed by atoms with E-state index in [4.69, 9.17) is 0 Å². The SMILES string of the molecule is CCCN(CCC)Cc1ccccc1CN(CCC)CCC. The summed E-state index contributed by atoms with van der Waals surface area (Å²) in [5, 5.41) is 0. The highest BCUT2D eigenvalue weighted by atomic mass is 15.1. The van der Waals surface area contributed by atoms with E-state index < -0.39 is 0 Å². The van der Waals surface area contributed by atoms with Gasteiger partial charge in [-0.3, -0.25) is 9.80 Å². The molecule has 22 heavy (non-hydrogen) atoms. The maximum absolute atomic E-state index is 2.60. The van der Waals surface area contributed by atoms with Crippen LogP contribution in [0.1, 0.15) is 64.5 Å². The maximum atomic E-state index is 2.60. The van der Waals surface area contributed by atoms with Crippen molar-refractivity contribution in [2.75, 3.05) is 26.2 Å². The van der Waals surface area contributed by atoms with E-state index in [1.807, 2.05) is 0 Å². The normalized spacial score (nSPS) is 11.5. The fraction of sp³-hybridized carbons (Fsp3) is 0.700. The Labute approximate surface area is 138 Å². The van der Waals surface area contributed by atoms with Crippen molar-refractivity contribution in [1.82, 2.24) is 9.80 Å². The quantitative estimate of drug-likeness (QED) is 0.540. The Balaban J connectivity index is 2.78. The molecule has 0 fully saturated rings. The third-order valence-electron chi connectivity index (χ3n) is 4.07. The molecule has 0 aliphatic rings. The summed E-state index contributed by atoms with van der Waals surface area (Å²) in [7, 11) is 0. The molecule has 0 bridgehead atoms. The Morgan fingerprint density at radius 3 is 1.18 bits per heavy atom. The van der Waals surface area contributed by atoms with Crippen LogP contribution in [0.5, 0.6) is 0 Å². The van der Waals surface area contributed by atoms with Crippen molar-refractivity contribution in [2.24, 2.45) is 0 Å². The maximum Gasteiger partial charge on any atom is 0.0236 e. The lowest BCUT2D eigenvalue weighted by Gasteiger charge is -2.25. The molecule has 0 N–H and O–H groups in total. The van der Waals surface area contributed by atoms with Gasteiger partial charge in [0.1, 0.15) is 0 Å². The molecule has 0 aliphatic carbocycles. The highest BCUT2D eigenvalue weighted by molar-refractivity contribution is 5.27. The number of rotatable bonds is 12. The molecular formula is C20H36N2. The number of hydrogen-bond acceptors (Lipinski definition) is 2. The van der Waals surface area contributed by atoms with Crippen LogP contribution < -0.4 is 0 Å². The van der Waals surface area contributed by atoms with Crippen molar-refractivity contribution in [3.05, 3.63) is 35.4 Å². The first-order chi connectivity index (χ1) is 10.7. The van der Waals surface area contributed by atoms with Crippen molar-refractivity contribution in [3.8, 4) is 0 Å². The minimum Gasteiger partial charge on any atom is -0.299 e. The van der Waals surface area contributed by atoms with Crippen LogP contribution in [0.4, 0.5) is 0 Å². The predicted octanol–water partition coefficient (Wildman–Crippen LogP) is 4.93. The van der Waals surface area contributed by atoms with Gasteiger partial charge in [-0.05, 0) is 63.0 Å². The second-order valence-electron chi connectivity index (χ2n) is 6.32. The van der Waals surface area contributed by atoms with Crippen LogP contribution in [0.3, 0.4) is 0 Å². The minimum atomic E-state index is 1.10. The second kappa shape index (κ2) is 11.7. The van der Waals surface area contributed by atoms with E-state index in [9.17, 15) is 0 Å². The van der Waals surface area contributed by atoms with Crippen LogP contribution in [0.2, 0.25) is 0 Å². The number of hydrogen-bond donors (Lipinski definition) is 0. The van der Waals surface area contributed by atoms with Crippen molar-refractivity contribution >= 4 is 0 Å². The fourth-order valence-corrected chi connectivity index (χ4v) is 3.15. The van der Waals surface area contributed by atoms with E-state index in [-0.39, 0.29) is 0 Å². The zero-order valence-corrected chi connectivity index (χ0v) is 15.3. The monoisotopic (exact) mass is 304 g/mol. The summed E-state index contributed by atoms with van der Waals surface area (Å²) in [5.41, 5.74) is 3.03.